The highest BCUT2D eigenvalue weighted by molar-refractivity contribution is 5.79. The Balaban J connectivity index is 1.78. The van der Waals surface area contributed by atoms with Crippen molar-refractivity contribution in [1.29, 1.82) is 0 Å². The summed E-state index contributed by atoms with van der Waals surface area (Å²) in [6.07, 6.45) is 0. The highest BCUT2D eigenvalue weighted by Gasteiger charge is 2.17. The van der Waals surface area contributed by atoms with Crippen LogP contribution in [-0.4, -0.2) is 68.1 Å². The van der Waals surface area contributed by atoms with Gasteiger partial charge in [-0.3, -0.25) is 0 Å². The van der Waals surface area contributed by atoms with Crippen molar-refractivity contribution in [3.8, 4) is 0 Å². The van der Waals surface area contributed by atoms with E-state index in [1.165, 1.54) is 43.9 Å². The lowest BCUT2D eigenvalue weighted by Crippen LogP contribution is -2.48. The predicted molar refractivity (Wildman–Crippen MR) is 112 cm³/mol. The number of hydrogen-bond acceptors (Lipinski definition) is 3. The maximum atomic E-state index is 4.76. The Bertz CT molecular complexity index is 549. The van der Waals surface area contributed by atoms with E-state index >= 15 is 0 Å². The van der Waals surface area contributed by atoms with Crippen LogP contribution in [0.25, 0.3) is 0 Å². The van der Waals surface area contributed by atoms with Crippen molar-refractivity contribution in [2.45, 2.75) is 34.2 Å². The number of aryl methyl sites for hydroxylation is 1. The topological polar surface area (TPSA) is 42.9 Å². The third-order valence-corrected chi connectivity index (χ3v) is 5.11. The van der Waals surface area contributed by atoms with Crippen molar-refractivity contribution in [3.05, 3.63) is 35.4 Å². The number of rotatable bonds is 8. The smallest absolute Gasteiger partial charge is 0.191 e. The second kappa shape index (κ2) is 11.2. The van der Waals surface area contributed by atoms with Crippen molar-refractivity contribution < 1.29 is 0 Å². The number of nitrogens with one attached hydrogen (secondary N) is 2. The Hall–Kier alpha value is -1.59. The van der Waals surface area contributed by atoms with Gasteiger partial charge >= 0.3 is 0 Å². The van der Waals surface area contributed by atoms with Crippen molar-refractivity contribution in [2.24, 2.45) is 10.9 Å². The molecule has 1 fully saturated rings. The van der Waals surface area contributed by atoms with Crippen LogP contribution in [0, 0.1) is 12.8 Å². The SMILES string of the molecule is CCNC(=NCc1ccccc1C)NCC(C)CN1CCN(CC)CC1. The van der Waals surface area contributed by atoms with Crippen molar-refractivity contribution >= 4 is 5.96 Å². The van der Waals surface area contributed by atoms with Crippen LogP contribution in [0.15, 0.2) is 29.3 Å². The summed E-state index contributed by atoms with van der Waals surface area (Å²) in [6, 6.07) is 8.46. The number of piperazine rings is 1. The molecular formula is C21H37N5. The standard InChI is InChI=1S/C21H37N5/c1-5-22-21(24-16-20-10-8-7-9-19(20)4)23-15-18(3)17-26-13-11-25(6-2)12-14-26/h7-10,18H,5-6,11-17H2,1-4H3,(H2,22,23,24). The summed E-state index contributed by atoms with van der Waals surface area (Å²) in [4.78, 5) is 9.88. The van der Waals surface area contributed by atoms with Gasteiger partial charge < -0.3 is 20.4 Å². The van der Waals surface area contributed by atoms with Crippen LogP contribution >= 0.6 is 0 Å². The van der Waals surface area contributed by atoms with Crippen molar-refractivity contribution in [2.75, 3.05) is 52.4 Å². The fourth-order valence-corrected chi connectivity index (χ4v) is 3.36. The first-order valence-corrected chi connectivity index (χ1v) is 10.1. The first-order valence-electron chi connectivity index (χ1n) is 10.1. The van der Waals surface area contributed by atoms with Crippen LogP contribution in [0.4, 0.5) is 0 Å². The Morgan fingerprint density at radius 3 is 2.42 bits per heavy atom. The van der Waals surface area contributed by atoms with Gasteiger partial charge in [0.15, 0.2) is 5.96 Å². The average Bonchev–Trinajstić information content (AvgIpc) is 2.66. The van der Waals surface area contributed by atoms with Crippen LogP contribution < -0.4 is 10.6 Å². The van der Waals surface area contributed by atoms with Crippen molar-refractivity contribution in [1.82, 2.24) is 20.4 Å². The molecule has 0 aliphatic carbocycles. The third kappa shape index (κ3) is 6.96. The Kier molecular flexibility index (Phi) is 8.92. The minimum absolute atomic E-state index is 0.602. The van der Waals surface area contributed by atoms with Gasteiger partial charge in [-0.25, -0.2) is 4.99 Å². The molecule has 5 nitrogen and oxygen atoms in total. The summed E-state index contributed by atoms with van der Waals surface area (Å²) in [5, 5.41) is 6.88. The molecule has 26 heavy (non-hydrogen) atoms. The first-order chi connectivity index (χ1) is 12.6. The first kappa shape index (κ1) is 20.7. The molecular weight excluding hydrogens is 322 g/mol. The van der Waals surface area contributed by atoms with Gasteiger partial charge in [-0.15, -0.1) is 0 Å². The van der Waals surface area contributed by atoms with Gasteiger partial charge in [-0.1, -0.05) is 38.1 Å². The van der Waals surface area contributed by atoms with Gasteiger partial charge in [0.05, 0.1) is 6.54 Å². The lowest BCUT2D eigenvalue weighted by atomic mass is 10.1. The van der Waals surface area contributed by atoms with E-state index in [2.05, 4.69) is 72.4 Å². The van der Waals surface area contributed by atoms with Gasteiger partial charge in [-0.05, 0) is 37.4 Å². The summed E-state index contributed by atoms with van der Waals surface area (Å²) in [7, 11) is 0. The second-order valence-corrected chi connectivity index (χ2v) is 7.34. The molecule has 1 unspecified atom stereocenters. The third-order valence-electron chi connectivity index (χ3n) is 5.11. The average molecular weight is 360 g/mol. The molecule has 1 aliphatic heterocycles. The molecule has 1 atom stereocenters. The molecule has 0 saturated carbocycles. The predicted octanol–water partition coefficient (Wildman–Crippen LogP) is 2.32. The number of likely N-dealkylation sites (N-methyl/N-ethyl adjacent to an activating group) is 1. The van der Waals surface area contributed by atoms with E-state index in [0.717, 1.165) is 32.1 Å². The normalized spacial score (nSPS) is 17.9. The van der Waals surface area contributed by atoms with E-state index in [1.54, 1.807) is 0 Å². The molecule has 2 N–H and O–H groups in total. The largest absolute Gasteiger partial charge is 0.357 e. The van der Waals surface area contributed by atoms with Crippen LogP contribution in [0.3, 0.4) is 0 Å². The van der Waals surface area contributed by atoms with Gasteiger partial charge in [-0.2, -0.15) is 0 Å². The molecule has 2 rings (SSSR count). The molecule has 1 aromatic rings. The van der Waals surface area contributed by atoms with Gasteiger partial charge in [0, 0.05) is 45.8 Å². The number of aliphatic imine (C=N–C) groups is 1. The fraction of sp³-hybridized carbons (Fsp3) is 0.667. The van der Waals surface area contributed by atoms with Gasteiger partial charge in [0.25, 0.3) is 0 Å². The summed E-state index contributed by atoms with van der Waals surface area (Å²) in [5.74, 6) is 1.52. The van der Waals surface area contributed by atoms with E-state index in [9.17, 15) is 0 Å². The van der Waals surface area contributed by atoms with Crippen molar-refractivity contribution in [3.63, 3.8) is 0 Å². The zero-order valence-corrected chi connectivity index (χ0v) is 17.1. The molecule has 1 heterocycles. The zero-order valence-electron chi connectivity index (χ0n) is 17.1. The Morgan fingerprint density at radius 2 is 1.77 bits per heavy atom. The van der Waals surface area contributed by atoms with Gasteiger partial charge in [0.1, 0.15) is 0 Å². The Morgan fingerprint density at radius 1 is 1.08 bits per heavy atom. The van der Waals surface area contributed by atoms with E-state index in [1.807, 2.05) is 0 Å². The second-order valence-electron chi connectivity index (χ2n) is 7.34. The quantitative estimate of drug-likeness (QED) is 0.552. The molecule has 146 valence electrons. The van der Waals surface area contributed by atoms with Gasteiger partial charge in [0.2, 0.25) is 0 Å². The summed E-state index contributed by atoms with van der Waals surface area (Å²) in [6.45, 7) is 18.5. The monoisotopic (exact) mass is 359 g/mol. The van der Waals surface area contributed by atoms with E-state index in [0.29, 0.717) is 5.92 Å². The molecule has 0 radical (unpaired) electrons. The number of benzene rings is 1. The van der Waals surface area contributed by atoms with E-state index in [-0.39, 0.29) is 0 Å². The Labute approximate surface area is 159 Å². The minimum Gasteiger partial charge on any atom is -0.357 e. The summed E-state index contributed by atoms with van der Waals surface area (Å²) < 4.78 is 0. The molecule has 5 heteroatoms. The summed E-state index contributed by atoms with van der Waals surface area (Å²) in [5.41, 5.74) is 2.58. The zero-order chi connectivity index (χ0) is 18.8. The minimum atomic E-state index is 0.602. The van der Waals surface area contributed by atoms with E-state index in [4.69, 9.17) is 4.99 Å². The molecule has 1 saturated heterocycles. The van der Waals surface area contributed by atoms with Crippen LogP contribution in [0.2, 0.25) is 0 Å². The highest BCUT2D eigenvalue weighted by Crippen LogP contribution is 2.08. The highest BCUT2D eigenvalue weighted by atomic mass is 15.3. The molecule has 1 aliphatic rings. The van der Waals surface area contributed by atoms with Crippen LogP contribution in [0.5, 0.6) is 0 Å². The lowest BCUT2D eigenvalue weighted by Gasteiger charge is -2.35. The molecule has 0 amide bonds. The molecule has 1 aromatic carbocycles. The molecule has 0 aromatic heterocycles. The number of guanidine groups is 1. The lowest BCUT2D eigenvalue weighted by molar-refractivity contribution is 0.124. The number of hydrogen-bond donors (Lipinski definition) is 2. The van der Waals surface area contributed by atoms with Crippen LogP contribution in [0.1, 0.15) is 31.9 Å². The fourth-order valence-electron chi connectivity index (χ4n) is 3.36. The van der Waals surface area contributed by atoms with E-state index < -0.39 is 0 Å². The maximum Gasteiger partial charge on any atom is 0.191 e. The summed E-state index contributed by atoms with van der Waals surface area (Å²) >= 11 is 0. The van der Waals surface area contributed by atoms with Crippen LogP contribution in [-0.2, 0) is 6.54 Å². The number of nitrogens with zero attached hydrogens (tertiary/aromatic N) is 3. The maximum absolute atomic E-state index is 4.76. The molecule has 0 bridgehead atoms. The molecule has 0 spiro atoms.